The van der Waals surface area contributed by atoms with Gasteiger partial charge in [0.05, 0.1) is 19.6 Å². The first-order valence-corrected chi connectivity index (χ1v) is 12.8. The first-order valence-electron chi connectivity index (χ1n) is 9.81. The molecule has 3 aromatic rings. The third-order valence-electron chi connectivity index (χ3n) is 5.26. The average Bonchev–Trinajstić information content (AvgIpc) is 3.15. The fraction of sp³-hybridized carbons (Fsp3) is 0.333. The predicted octanol–water partition coefficient (Wildman–Crippen LogP) is 5.52. The topological polar surface area (TPSA) is 79.4 Å². The van der Waals surface area contributed by atoms with Crippen LogP contribution in [0.3, 0.4) is 0 Å². The Morgan fingerprint density at radius 1 is 1.06 bits per heavy atom. The maximum absolute atomic E-state index is 13.0. The SMILES string of the molecule is CC1CC(C)CN(S(=O)(=O)c2ccc(C(=O)Nc3nc4c(Cl)ccc(Cl)c4s3)cc2)C1. The summed E-state index contributed by atoms with van der Waals surface area (Å²) < 4.78 is 28.2. The van der Waals surface area contributed by atoms with Gasteiger partial charge in [-0.3, -0.25) is 10.1 Å². The number of sulfonamides is 1. The summed E-state index contributed by atoms with van der Waals surface area (Å²) in [4.78, 5) is 17.2. The summed E-state index contributed by atoms with van der Waals surface area (Å²) in [7, 11) is -3.59. The molecular formula is C21H21Cl2N3O3S2. The number of fused-ring (bicyclic) bond motifs is 1. The van der Waals surface area contributed by atoms with Crippen LogP contribution < -0.4 is 5.32 Å². The minimum absolute atomic E-state index is 0.184. The number of nitrogens with zero attached hydrogens (tertiary/aromatic N) is 2. The molecule has 0 saturated carbocycles. The van der Waals surface area contributed by atoms with Gasteiger partial charge in [-0.2, -0.15) is 4.31 Å². The molecule has 2 heterocycles. The van der Waals surface area contributed by atoms with Crippen LogP contribution in [0.5, 0.6) is 0 Å². The molecule has 2 unspecified atom stereocenters. The minimum atomic E-state index is -3.59. The Bertz CT molecular complexity index is 1190. The van der Waals surface area contributed by atoms with Crippen molar-refractivity contribution in [3.63, 3.8) is 0 Å². The van der Waals surface area contributed by atoms with Crippen molar-refractivity contribution in [3.8, 4) is 0 Å². The summed E-state index contributed by atoms with van der Waals surface area (Å²) >= 11 is 13.6. The highest BCUT2D eigenvalue weighted by atomic mass is 35.5. The van der Waals surface area contributed by atoms with Crippen LogP contribution in [0.4, 0.5) is 5.13 Å². The first kappa shape index (κ1) is 22.5. The third kappa shape index (κ3) is 4.59. The standard InChI is InChI=1S/C21H21Cl2N3O3S2/c1-12-9-13(2)11-26(10-12)31(28,29)15-5-3-14(4-6-15)20(27)25-21-24-18-16(22)7-8-17(23)19(18)30-21/h3-8,12-13H,9-11H2,1-2H3,(H,24,25,27). The summed E-state index contributed by atoms with van der Waals surface area (Å²) in [6, 6.07) is 9.29. The van der Waals surface area contributed by atoms with Crippen molar-refractivity contribution in [2.24, 2.45) is 11.8 Å². The number of hydrogen-bond donors (Lipinski definition) is 1. The largest absolute Gasteiger partial charge is 0.298 e. The monoisotopic (exact) mass is 497 g/mol. The lowest BCUT2D eigenvalue weighted by atomic mass is 9.94. The Balaban J connectivity index is 1.52. The number of aromatic nitrogens is 1. The number of thiazole rings is 1. The summed E-state index contributed by atoms with van der Waals surface area (Å²) in [6.07, 6.45) is 1.02. The Hall–Kier alpha value is -1.71. The third-order valence-corrected chi connectivity index (χ3v) is 8.84. The molecule has 0 spiro atoms. The lowest BCUT2D eigenvalue weighted by Crippen LogP contribution is -2.42. The van der Waals surface area contributed by atoms with Gasteiger partial charge in [0, 0.05) is 18.7 Å². The Morgan fingerprint density at radius 3 is 2.29 bits per heavy atom. The number of nitrogens with one attached hydrogen (secondary N) is 1. The minimum Gasteiger partial charge on any atom is -0.298 e. The smallest absolute Gasteiger partial charge is 0.257 e. The van der Waals surface area contributed by atoms with Crippen LogP contribution in [0.25, 0.3) is 10.2 Å². The Kier molecular flexibility index (Phi) is 6.29. The number of rotatable bonds is 4. The molecule has 164 valence electrons. The van der Waals surface area contributed by atoms with E-state index in [1.54, 1.807) is 12.1 Å². The number of amides is 1. The fourth-order valence-corrected chi connectivity index (χ4v) is 6.99. The molecule has 1 fully saturated rings. The van der Waals surface area contributed by atoms with Crippen LogP contribution in [0.2, 0.25) is 10.0 Å². The highest BCUT2D eigenvalue weighted by Gasteiger charge is 2.31. The van der Waals surface area contributed by atoms with E-state index in [9.17, 15) is 13.2 Å². The molecule has 1 aromatic heterocycles. The molecule has 31 heavy (non-hydrogen) atoms. The number of halogens is 2. The van der Waals surface area contributed by atoms with E-state index in [1.807, 2.05) is 0 Å². The van der Waals surface area contributed by atoms with E-state index < -0.39 is 15.9 Å². The summed E-state index contributed by atoms with van der Waals surface area (Å²) in [6.45, 7) is 5.15. The van der Waals surface area contributed by atoms with Crippen LogP contribution in [-0.2, 0) is 10.0 Å². The lowest BCUT2D eigenvalue weighted by molar-refractivity contribution is 0.102. The first-order chi connectivity index (χ1) is 14.6. The molecule has 4 rings (SSSR count). The van der Waals surface area contributed by atoms with Crippen molar-refractivity contribution in [1.29, 1.82) is 0 Å². The summed E-state index contributed by atoms with van der Waals surface area (Å²) in [5.74, 6) is 0.245. The summed E-state index contributed by atoms with van der Waals surface area (Å²) in [5.41, 5.74) is 0.858. The zero-order valence-corrected chi connectivity index (χ0v) is 20.1. The average molecular weight is 498 g/mol. The van der Waals surface area contributed by atoms with Gasteiger partial charge in [-0.1, -0.05) is 48.4 Å². The molecule has 1 amide bonds. The molecule has 0 bridgehead atoms. The number of benzene rings is 2. The fourth-order valence-electron chi connectivity index (χ4n) is 3.90. The van der Waals surface area contributed by atoms with Gasteiger partial charge in [-0.25, -0.2) is 13.4 Å². The zero-order valence-electron chi connectivity index (χ0n) is 16.9. The van der Waals surface area contributed by atoms with E-state index in [0.717, 1.165) is 6.42 Å². The van der Waals surface area contributed by atoms with Gasteiger partial charge >= 0.3 is 0 Å². The molecule has 1 aliphatic heterocycles. The van der Waals surface area contributed by atoms with Crippen molar-refractivity contribution in [2.45, 2.75) is 25.2 Å². The number of carbonyl (C=O) groups is 1. The second kappa shape index (κ2) is 8.67. The number of piperidine rings is 1. The molecule has 1 N–H and O–H groups in total. The molecule has 0 radical (unpaired) electrons. The molecule has 1 saturated heterocycles. The molecule has 2 aromatic carbocycles. The van der Waals surface area contributed by atoms with Gasteiger partial charge in [0.25, 0.3) is 5.91 Å². The van der Waals surface area contributed by atoms with Crippen LogP contribution in [0.1, 0.15) is 30.6 Å². The van der Waals surface area contributed by atoms with Crippen LogP contribution >= 0.6 is 34.5 Å². The number of hydrogen-bond acceptors (Lipinski definition) is 5. The van der Waals surface area contributed by atoms with E-state index in [0.29, 0.717) is 55.9 Å². The van der Waals surface area contributed by atoms with Crippen molar-refractivity contribution in [3.05, 3.63) is 52.0 Å². The second-order valence-corrected chi connectivity index (χ2v) is 11.7. The van der Waals surface area contributed by atoms with Gasteiger partial charge in [-0.15, -0.1) is 0 Å². The van der Waals surface area contributed by atoms with Crippen LogP contribution in [-0.4, -0.2) is 36.7 Å². The number of carbonyl (C=O) groups excluding carboxylic acids is 1. The normalized spacial score (nSPS) is 20.1. The highest BCUT2D eigenvalue weighted by molar-refractivity contribution is 7.89. The van der Waals surface area contributed by atoms with Crippen molar-refractivity contribution in [1.82, 2.24) is 9.29 Å². The molecule has 0 aliphatic carbocycles. The molecule has 1 aliphatic rings. The van der Waals surface area contributed by atoms with Gasteiger partial charge in [-0.05, 0) is 54.7 Å². The molecule has 2 atom stereocenters. The second-order valence-electron chi connectivity index (χ2n) is 7.97. The van der Waals surface area contributed by atoms with E-state index in [2.05, 4.69) is 24.1 Å². The van der Waals surface area contributed by atoms with Crippen molar-refractivity contribution < 1.29 is 13.2 Å². The predicted molar refractivity (Wildman–Crippen MR) is 126 cm³/mol. The maximum atomic E-state index is 13.0. The highest BCUT2D eigenvalue weighted by Crippen LogP contribution is 2.36. The number of anilines is 1. The van der Waals surface area contributed by atoms with E-state index in [-0.39, 0.29) is 4.90 Å². The van der Waals surface area contributed by atoms with E-state index in [4.69, 9.17) is 23.2 Å². The van der Waals surface area contributed by atoms with Gasteiger partial charge < -0.3 is 0 Å². The van der Waals surface area contributed by atoms with Crippen LogP contribution in [0.15, 0.2) is 41.3 Å². The molecule has 6 nitrogen and oxygen atoms in total. The van der Waals surface area contributed by atoms with Gasteiger partial charge in [0.1, 0.15) is 5.52 Å². The van der Waals surface area contributed by atoms with Gasteiger partial charge in [0.2, 0.25) is 10.0 Å². The Morgan fingerprint density at radius 2 is 1.68 bits per heavy atom. The molecular weight excluding hydrogens is 477 g/mol. The summed E-state index contributed by atoms with van der Waals surface area (Å²) in [5, 5.41) is 4.05. The van der Waals surface area contributed by atoms with Crippen LogP contribution in [0, 0.1) is 11.8 Å². The van der Waals surface area contributed by atoms with E-state index in [1.165, 1.54) is 39.9 Å². The maximum Gasteiger partial charge on any atom is 0.257 e. The lowest BCUT2D eigenvalue weighted by Gasteiger charge is -2.34. The van der Waals surface area contributed by atoms with Crippen molar-refractivity contribution >= 4 is 65.8 Å². The van der Waals surface area contributed by atoms with Crippen molar-refractivity contribution in [2.75, 3.05) is 18.4 Å². The quantitative estimate of drug-likeness (QED) is 0.514. The van der Waals surface area contributed by atoms with Gasteiger partial charge in [0.15, 0.2) is 5.13 Å². The Labute approximate surface area is 195 Å². The zero-order chi connectivity index (χ0) is 22.3. The van der Waals surface area contributed by atoms with E-state index >= 15 is 0 Å². The molecule has 10 heteroatoms.